The van der Waals surface area contributed by atoms with Crippen molar-refractivity contribution in [3.05, 3.63) is 66.0 Å². The van der Waals surface area contributed by atoms with Gasteiger partial charge >= 0.3 is 0 Å². The fourth-order valence-corrected chi connectivity index (χ4v) is 3.07. The van der Waals surface area contributed by atoms with E-state index in [1.807, 2.05) is 0 Å². The molecule has 0 aliphatic heterocycles. The van der Waals surface area contributed by atoms with E-state index in [9.17, 15) is 17.9 Å². The molecule has 2 aromatic rings. The summed E-state index contributed by atoms with van der Waals surface area (Å²) in [5, 5.41) is 9.92. The van der Waals surface area contributed by atoms with Gasteiger partial charge in [0.05, 0.1) is 16.8 Å². The molecule has 5 heteroatoms. The van der Waals surface area contributed by atoms with Crippen LogP contribution in [0.4, 0.5) is 4.39 Å². The van der Waals surface area contributed by atoms with Gasteiger partial charge in [0.2, 0.25) is 0 Å². The molecule has 0 aromatic heterocycles. The molecule has 2 aromatic carbocycles. The summed E-state index contributed by atoms with van der Waals surface area (Å²) in [6.45, 7) is 0. The fraction of sp³-hybridized carbons (Fsp3) is 0.143. The van der Waals surface area contributed by atoms with Crippen molar-refractivity contribution in [2.45, 2.75) is 11.0 Å². The molecule has 0 saturated heterocycles. The van der Waals surface area contributed by atoms with Gasteiger partial charge in [-0.25, -0.2) is 12.8 Å². The largest absolute Gasteiger partial charge is 0.387 e. The Labute approximate surface area is 111 Å². The van der Waals surface area contributed by atoms with E-state index in [0.717, 1.165) is 12.1 Å². The number of aliphatic hydroxyl groups is 1. The highest BCUT2D eigenvalue weighted by atomic mass is 32.2. The summed E-state index contributed by atoms with van der Waals surface area (Å²) in [5.74, 6) is -0.926. The summed E-state index contributed by atoms with van der Waals surface area (Å²) in [5.41, 5.74) is 0.535. The van der Waals surface area contributed by atoms with Crippen LogP contribution >= 0.6 is 0 Å². The molecule has 0 fully saturated rings. The van der Waals surface area contributed by atoms with E-state index in [-0.39, 0.29) is 4.90 Å². The lowest BCUT2D eigenvalue weighted by molar-refractivity contribution is 0.201. The van der Waals surface area contributed by atoms with E-state index >= 15 is 0 Å². The standard InChI is InChI=1S/C14H13FO3S/c15-12-6-8-13(9-7-12)19(17,18)10-14(16)11-4-2-1-3-5-11/h1-9,14,16H,10H2. The molecule has 1 atom stereocenters. The first-order valence-electron chi connectivity index (χ1n) is 5.70. The molecule has 0 heterocycles. The highest BCUT2D eigenvalue weighted by molar-refractivity contribution is 7.91. The maximum atomic E-state index is 12.8. The number of rotatable bonds is 4. The quantitative estimate of drug-likeness (QED) is 0.875. The Hall–Kier alpha value is -1.72. The van der Waals surface area contributed by atoms with Crippen LogP contribution in [0, 0.1) is 5.82 Å². The molecule has 100 valence electrons. The van der Waals surface area contributed by atoms with Gasteiger partial charge in [-0.2, -0.15) is 0 Å². The zero-order chi connectivity index (χ0) is 13.9. The summed E-state index contributed by atoms with van der Waals surface area (Å²) in [6.07, 6.45) is -1.10. The minimum absolute atomic E-state index is 0.00359. The Kier molecular flexibility index (Phi) is 3.97. The zero-order valence-electron chi connectivity index (χ0n) is 10.0. The van der Waals surface area contributed by atoms with Gasteiger partial charge in [0.1, 0.15) is 5.82 Å². The summed E-state index contributed by atoms with van der Waals surface area (Å²) >= 11 is 0. The van der Waals surface area contributed by atoms with Gasteiger partial charge < -0.3 is 5.11 Å². The van der Waals surface area contributed by atoms with Crippen molar-refractivity contribution >= 4 is 9.84 Å². The van der Waals surface area contributed by atoms with Gasteiger partial charge in [-0.05, 0) is 29.8 Å². The van der Waals surface area contributed by atoms with Crippen molar-refractivity contribution in [3.63, 3.8) is 0 Å². The van der Waals surface area contributed by atoms with E-state index in [1.165, 1.54) is 12.1 Å². The minimum Gasteiger partial charge on any atom is -0.387 e. The van der Waals surface area contributed by atoms with E-state index in [0.29, 0.717) is 5.56 Å². The Morgan fingerprint density at radius 1 is 1.00 bits per heavy atom. The number of aliphatic hydroxyl groups excluding tert-OH is 1. The molecule has 0 aliphatic carbocycles. The molecule has 0 amide bonds. The molecule has 0 aliphatic rings. The van der Waals surface area contributed by atoms with Crippen LogP contribution in [0.5, 0.6) is 0 Å². The van der Waals surface area contributed by atoms with Gasteiger partial charge in [0, 0.05) is 0 Å². The van der Waals surface area contributed by atoms with Crippen LogP contribution in [0.15, 0.2) is 59.5 Å². The lowest BCUT2D eigenvalue weighted by atomic mass is 10.1. The smallest absolute Gasteiger partial charge is 0.181 e. The first-order chi connectivity index (χ1) is 8.99. The molecular formula is C14H13FO3S. The van der Waals surface area contributed by atoms with Crippen LogP contribution in [0.1, 0.15) is 11.7 Å². The number of benzene rings is 2. The average Bonchev–Trinajstić information content (AvgIpc) is 2.40. The Bertz CT molecular complexity index is 636. The first kappa shape index (κ1) is 13.7. The summed E-state index contributed by atoms with van der Waals surface area (Å²) in [4.78, 5) is 0.00359. The monoisotopic (exact) mass is 280 g/mol. The fourth-order valence-electron chi connectivity index (χ4n) is 1.72. The Morgan fingerprint density at radius 3 is 2.16 bits per heavy atom. The summed E-state index contributed by atoms with van der Waals surface area (Å²) in [7, 11) is -3.64. The lowest BCUT2D eigenvalue weighted by Gasteiger charge is -2.11. The van der Waals surface area contributed by atoms with Crippen molar-refractivity contribution in [3.8, 4) is 0 Å². The predicted octanol–water partition coefficient (Wildman–Crippen LogP) is 2.33. The van der Waals surface area contributed by atoms with Gasteiger partial charge in [-0.1, -0.05) is 30.3 Å². The van der Waals surface area contributed by atoms with Gasteiger partial charge in [0.15, 0.2) is 9.84 Å². The molecule has 2 rings (SSSR count). The van der Waals surface area contributed by atoms with Crippen molar-refractivity contribution < 1.29 is 17.9 Å². The molecule has 19 heavy (non-hydrogen) atoms. The van der Waals surface area contributed by atoms with Crippen molar-refractivity contribution in [2.75, 3.05) is 5.75 Å². The van der Waals surface area contributed by atoms with Crippen LogP contribution in [-0.2, 0) is 9.84 Å². The first-order valence-corrected chi connectivity index (χ1v) is 7.35. The summed E-state index contributed by atoms with van der Waals surface area (Å²) in [6, 6.07) is 13.1. The molecule has 1 unspecified atom stereocenters. The third-order valence-electron chi connectivity index (χ3n) is 2.73. The Balaban J connectivity index is 2.20. The molecule has 0 saturated carbocycles. The third-order valence-corrected chi connectivity index (χ3v) is 4.48. The molecule has 1 N–H and O–H groups in total. The zero-order valence-corrected chi connectivity index (χ0v) is 10.8. The second-order valence-corrected chi connectivity index (χ2v) is 6.20. The third kappa shape index (κ3) is 3.39. The number of hydrogen-bond acceptors (Lipinski definition) is 3. The topological polar surface area (TPSA) is 54.4 Å². The maximum Gasteiger partial charge on any atom is 0.181 e. The molecular weight excluding hydrogens is 267 g/mol. The van der Waals surface area contributed by atoms with Crippen molar-refractivity contribution in [1.82, 2.24) is 0 Å². The lowest BCUT2D eigenvalue weighted by Crippen LogP contribution is -2.14. The number of halogens is 1. The Morgan fingerprint density at radius 2 is 1.58 bits per heavy atom. The predicted molar refractivity (Wildman–Crippen MR) is 69.9 cm³/mol. The summed E-state index contributed by atoms with van der Waals surface area (Å²) < 4.78 is 36.8. The van der Waals surface area contributed by atoms with Crippen LogP contribution in [0.25, 0.3) is 0 Å². The van der Waals surface area contributed by atoms with Crippen molar-refractivity contribution in [1.29, 1.82) is 0 Å². The number of hydrogen-bond donors (Lipinski definition) is 1. The van der Waals surface area contributed by atoms with Crippen LogP contribution in [0.2, 0.25) is 0 Å². The molecule has 0 spiro atoms. The van der Waals surface area contributed by atoms with Gasteiger partial charge in [0.25, 0.3) is 0 Å². The van der Waals surface area contributed by atoms with E-state index in [4.69, 9.17) is 0 Å². The van der Waals surface area contributed by atoms with Gasteiger partial charge in [-0.15, -0.1) is 0 Å². The second-order valence-electron chi connectivity index (χ2n) is 4.16. The average molecular weight is 280 g/mol. The van der Waals surface area contributed by atoms with E-state index in [2.05, 4.69) is 0 Å². The van der Waals surface area contributed by atoms with Crippen LogP contribution in [0.3, 0.4) is 0 Å². The maximum absolute atomic E-state index is 12.8. The molecule has 3 nitrogen and oxygen atoms in total. The SMILES string of the molecule is O=S(=O)(CC(O)c1ccccc1)c1ccc(F)cc1. The minimum atomic E-state index is -3.64. The van der Waals surface area contributed by atoms with Crippen molar-refractivity contribution in [2.24, 2.45) is 0 Å². The highest BCUT2D eigenvalue weighted by Gasteiger charge is 2.20. The molecule has 0 bridgehead atoms. The number of sulfone groups is 1. The second kappa shape index (κ2) is 5.50. The van der Waals surface area contributed by atoms with E-state index < -0.39 is 27.5 Å². The van der Waals surface area contributed by atoms with Crippen LogP contribution in [-0.4, -0.2) is 19.3 Å². The van der Waals surface area contributed by atoms with E-state index in [1.54, 1.807) is 30.3 Å². The van der Waals surface area contributed by atoms with Gasteiger partial charge in [-0.3, -0.25) is 0 Å². The highest BCUT2D eigenvalue weighted by Crippen LogP contribution is 2.19. The normalized spacial score (nSPS) is 13.2. The molecule has 0 radical (unpaired) electrons. The van der Waals surface area contributed by atoms with Crippen LogP contribution < -0.4 is 0 Å².